The summed E-state index contributed by atoms with van der Waals surface area (Å²) < 4.78 is 27.9. The lowest BCUT2D eigenvalue weighted by atomic mass is 9.99. The Kier molecular flexibility index (Phi) is 10.4. The van der Waals surface area contributed by atoms with Gasteiger partial charge in [-0.05, 0) is 36.6 Å². The number of amidine groups is 1. The Morgan fingerprint density at radius 1 is 0.930 bits per heavy atom. The smallest absolute Gasteiger partial charge is 0.303 e. The SMILES string of the molecule is CC(=O)OC[C@@H]1O[C@H](SC2=N/C(=C\c3cccs3)C(=O)N2c2ccc(C)cc2)[C@H](OC(C)=O)[C@H](OC(C)=O)[C@@H]1OC(C)=O. The molecule has 43 heavy (non-hydrogen) atoms. The summed E-state index contributed by atoms with van der Waals surface area (Å²) in [7, 11) is 0. The van der Waals surface area contributed by atoms with Gasteiger partial charge in [-0.3, -0.25) is 28.9 Å². The fourth-order valence-electron chi connectivity index (χ4n) is 4.39. The van der Waals surface area contributed by atoms with E-state index in [2.05, 4.69) is 4.99 Å². The van der Waals surface area contributed by atoms with Crippen molar-refractivity contribution < 1.29 is 47.7 Å². The number of carbonyl (C=O) groups excluding carboxylic acids is 5. The second-order valence-corrected chi connectivity index (χ2v) is 11.6. The lowest BCUT2D eigenvalue weighted by Gasteiger charge is -2.44. The fraction of sp³-hybridized carbons (Fsp3) is 0.379. The normalized spacial score (nSPS) is 24.3. The first kappa shape index (κ1) is 31.9. The minimum absolute atomic E-state index is 0.163. The van der Waals surface area contributed by atoms with E-state index in [9.17, 15) is 24.0 Å². The van der Waals surface area contributed by atoms with Gasteiger partial charge in [0.2, 0.25) is 0 Å². The molecule has 3 heterocycles. The van der Waals surface area contributed by atoms with Gasteiger partial charge in [0.05, 0.1) is 5.69 Å². The van der Waals surface area contributed by atoms with E-state index in [1.165, 1.54) is 23.2 Å². The highest BCUT2D eigenvalue weighted by Gasteiger charge is 2.53. The van der Waals surface area contributed by atoms with Crippen molar-refractivity contribution in [2.75, 3.05) is 11.5 Å². The zero-order chi connectivity index (χ0) is 31.3. The molecule has 0 unspecified atom stereocenters. The first-order valence-electron chi connectivity index (χ1n) is 13.1. The van der Waals surface area contributed by atoms with Crippen LogP contribution < -0.4 is 4.90 Å². The quantitative estimate of drug-likeness (QED) is 0.239. The van der Waals surface area contributed by atoms with E-state index in [4.69, 9.17) is 23.7 Å². The molecule has 4 rings (SSSR count). The number of thioether (sulfide) groups is 1. The molecular weight excluding hydrogens is 600 g/mol. The summed E-state index contributed by atoms with van der Waals surface area (Å²) in [5.74, 6) is -3.22. The number of ether oxygens (including phenoxy) is 5. The van der Waals surface area contributed by atoms with Crippen molar-refractivity contribution in [2.45, 2.75) is 64.5 Å². The van der Waals surface area contributed by atoms with E-state index in [0.29, 0.717) is 5.69 Å². The molecule has 0 aliphatic carbocycles. The molecule has 2 aliphatic heterocycles. The van der Waals surface area contributed by atoms with Crippen LogP contribution in [0.4, 0.5) is 5.69 Å². The number of aryl methyl sites for hydroxylation is 1. The van der Waals surface area contributed by atoms with Crippen LogP contribution in [-0.2, 0) is 47.7 Å². The standard InChI is InChI=1S/C29H30N2O10S2/c1-15-8-10-20(11-9-15)31-27(36)22(13-21-7-6-12-42-21)30-29(31)43-28-26(40-19(5)35)25(39-18(4)34)24(38-17(3)33)23(41-28)14-37-16(2)32/h6-13,23-26,28H,14H2,1-5H3/b22-13-/t23-,24+,25+,26+,28+/m0/s1. The number of aliphatic imine (C=N–C) groups is 1. The summed E-state index contributed by atoms with van der Waals surface area (Å²) in [6.45, 7) is 6.20. The van der Waals surface area contributed by atoms with Crippen LogP contribution in [-0.4, -0.2) is 71.4 Å². The maximum Gasteiger partial charge on any atom is 0.303 e. The Morgan fingerprint density at radius 3 is 2.14 bits per heavy atom. The molecule has 1 aromatic carbocycles. The van der Waals surface area contributed by atoms with Gasteiger partial charge in [0.15, 0.2) is 28.9 Å². The summed E-state index contributed by atoms with van der Waals surface area (Å²) in [6, 6.07) is 10.9. The molecule has 0 bridgehead atoms. The molecule has 2 aliphatic rings. The van der Waals surface area contributed by atoms with Gasteiger partial charge in [0.25, 0.3) is 5.91 Å². The van der Waals surface area contributed by atoms with E-state index in [-0.39, 0.29) is 17.5 Å². The zero-order valence-electron chi connectivity index (χ0n) is 24.0. The highest BCUT2D eigenvalue weighted by molar-refractivity contribution is 8.14. The summed E-state index contributed by atoms with van der Waals surface area (Å²) in [4.78, 5) is 68.6. The van der Waals surface area contributed by atoms with Gasteiger partial charge in [-0.2, -0.15) is 0 Å². The van der Waals surface area contributed by atoms with E-state index >= 15 is 0 Å². The molecule has 12 nitrogen and oxygen atoms in total. The van der Waals surface area contributed by atoms with Crippen LogP contribution in [0.25, 0.3) is 6.08 Å². The molecule has 1 saturated heterocycles. The summed E-state index contributed by atoms with van der Waals surface area (Å²) in [6.07, 6.45) is -3.42. The number of hydrogen-bond acceptors (Lipinski definition) is 13. The van der Waals surface area contributed by atoms with Crippen LogP contribution in [0.3, 0.4) is 0 Å². The average Bonchev–Trinajstić information content (AvgIpc) is 3.54. The largest absolute Gasteiger partial charge is 0.463 e. The average molecular weight is 631 g/mol. The summed E-state index contributed by atoms with van der Waals surface area (Å²) in [5, 5.41) is 2.07. The minimum Gasteiger partial charge on any atom is -0.463 e. The molecule has 228 valence electrons. The van der Waals surface area contributed by atoms with Crippen LogP contribution in [0, 0.1) is 6.92 Å². The number of rotatable bonds is 8. The topological polar surface area (TPSA) is 147 Å². The van der Waals surface area contributed by atoms with Crippen molar-refractivity contribution in [3.8, 4) is 0 Å². The van der Waals surface area contributed by atoms with Gasteiger partial charge in [-0.1, -0.05) is 35.5 Å². The van der Waals surface area contributed by atoms with Crippen molar-refractivity contribution in [3.63, 3.8) is 0 Å². The molecule has 0 N–H and O–H groups in total. The number of benzene rings is 1. The first-order chi connectivity index (χ1) is 20.4. The number of anilines is 1. The maximum atomic E-state index is 13.7. The number of amides is 1. The Morgan fingerprint density at radius 2 is 1.56 bits per heavy atom. The number of thiophene rings is 1. The molecule has 14 heteroatoms. The predicted octanol–water partition coefficient (Wildman–Crippen LogP) is 3.62. The van der Waals surface area contributed by atoms with Gasteiger partial charge in [0, 0.05) is 32.6 Å². The summed E-state index contributed by atoms with van der Waals surface area (Å²) >= 11 is 2.38. The second-order valence-electron chi connectivity index (χ2n) is 9.60. The third-order valence-corrected chi connectivity index (χ3v) is 8.03. The highest BCUT2D eigenvalue weighted by Crippen LogP contribution is 2.39. The number of nitrogens with zero attached hydrogens (tertiary/aromatic N) is 2. The van der Waals surface area contributed by atoms with Crippen molar-refractivity contribution in [2.24, 2.45) is 4.99 Å². The van der Waals surface area contributed by atoms with Gasteiger partial charge in [0.1, 0.15) is 18.4 Å². The number of carbonyl (C=O) groups is 5. The number of esters is 4. The molecule has 1 amide bonds. The molecule has 0 radical (unpaired) electrons. The van der Waals surface area contributed by atoms with Crippen molar-refractivity contribution in [1.82, 2.24) is 0 Å². The maximum absolute atomic E-state index is 13.7. The lowest BCUT2D eigenvalue weighted by molar-refractivity contribution is -0.237. The minimum atomic E-state index is -1.34. The number of hydrogen-bond donors (Lipinski definition) is 0. The molecule has 0 spiro atoms. The van der Waals surface area contributed by atoms with Crippen molar-refractivity contribution in [3.05, 3.63) is 57.9 Å². The predicted molar refractivity (Wildman–Crippen MR) is 158 cm³/mol. The van der Waals surface area contributed by atoms with Gasteiger partial charge in [-0.25, -0.2) is 4.99 Å². The van der Waals surface area contributed by atoms with Crippen molar-refractivity contribution in [1.29, 1.82) is 0 Å². The molecule has 2 aromatic rings. The van der Waals surface area contributed by atoms with Gasteiger partial charge < -0.3 is 23.7 Å². The van der Waals surface area contributed by atoms with Crippen LogP contribution in [0.5, 0.6) is 0 Å². The Balaban J connectivity index is 1.78. The second kappa shape index (κ2) is 14.0. The van der Waals surface area contributed by atoms with E-state index < -0.39 is 59.6 Å². The molecule has 1 aromatic heterocycles. The molecule has 0 saturated carbocycles. The van der Waals surface area contributed by atoms with Crippen LogP contribution in [0.1, 0.15) is 38.1 Å². The van der Waals surface area contributed by atoms with Crippen LogP contribution in [0.15, 0.2) is 52.5 Å². The monoisotopic (exact) mass is 630 g/mol. The highest BCUT2D eigenvalue weighted by atomic mass is 32.2. The molecular formula is C29H30N2O10S2. The van der Waals surface area contributed by atoms with Crippen molar-refractivity contribution >= 4 is 69.8 Å². The first-order valence-corrected chi connectivity index (χ1v) is 14.9. The third kappa shape index (κ3) is 8.09. The zero-order valence-corrected chi connectivity index (χ0v) is 25.6. The van der Waals surface area contributed by atoms with Crippen LogP contribution in [0.2, 0.25) is 0 Å². The Labute approximate surface area is 256 Å². The van der Waals surface area contributed by atoms with Crippen LogP contribution >= 0.6 is 23.1 Å². The Bertz CT molecular complexity index is 1440. The van der Waals surface area contributed by atoms with E-state index in [1.54, 1.807) is 18.2 Å². The van der Waals surface area contributed by atoms with E-state index in [0.717, 1.165) is 43.0 Å². The molecule has 5 atom stereocenters. The Hall–Kier alpha value is -4.01. The third-order valence-electron chi connectivity index (χ3n) is 6.11. The molecule has 1 fully saturated rings. The lowest BCUT2D eigenvalue weighted by Crippen LogP contribution is -2.61. The summed E-state index contributed by atoms with van der Waals surface area (Å²) in [5.41, 5.74) is 0.523. The van der Waals surface area contributed by atoms with E-state index in [1.807, 2.05) is 36.6 Å². The van der Waals surface area contributed by atoms with Gasteiger partial charge in [-0.15, -0.1) is 11.3 Å². The van der Waals surface area contributed by atoms with Gasteiger partial charge >= 0.3 is 23.9 Å². The fourth-order valence-corrected chi connectivity index (χ4v) is 6.24.